The Bertz CT molecular complexity index is 1270. The van der Waals surface area contributed by atoms with Crippen LogP contribution in [0.5, 0.6) is 0 Å². The number of carbonyl (C=O) groups is 1. The smallest absolute Gasteiger partial charge is 0.255 e. The van der Waals surface area contributed by atoms with Crippen LogP contribution < -0.4 is 0 Å². The highest BCUT2D eigenvalue weighted by Crippen LogP contribution is 2.31. The Morgan fingerprint density at radius 1 is 0.727 bits per heavy atom. The Labute approximate surface area is 192 Å². The normalized spacial score (nSPS) is 13.0. The van der Waals surface area contributed by atoms with Gasteiger partial charge in [0.25, 0.3) is 5.91 Å². The van der Waals surface area contributed by atoms with Gasteiger partial charge in [-0.25, -0.2) is 8.78 Å². The van der Waals surface area contributed by atoms with E-state index in [9.17, 15) is 13.6 Å². The van der Waals surface area contributed by atoms with Gasteiger partial charge in [0.15, 0.2) is 0 Å². The number of fused-ring (bicyclic) bond motifs is 1. The first-order valence-electron chi connectivity index (χ1n) is 11.1. The molecule has 164 valence electrons. The van der Waals surface area contributed by atoms with Crippen LogP contribution in [0.2, 0.25) is 0 Å². The Kier molecular flexibility index (Phi) is 5.74. The van der Waals surface area contributed by atoms with Crippen molar-refractivity contribution in [2.75, 3.05) is 0 Å². The van der Waals surface area contributed by atoms with E-state index in [0.29, 0.717) is 23.2 Å². The van der Waals surface area contributed by atoms with E-state index < -0.39 is 0 Å². The summed E-state index contributed by atoms with van der Waals surface area (Å²) in [6, 6.07) is 28.1. The topological polar surface area (TPSA) is 20.3 Å². The molecule has 0 heterocycles. The molecule has 2 nitrogen and oxygen atoms in total. The maximum Gasteiger partial charge on any atom is 0.255 e. The van der Waals surface area contributed by atoms with Gasteiger partial charge in [-0.15, -0.1) is 0 Å². The van der Waals surface area contributed by atoms with Crippen molar-refractivity contribution >= 4 is 5.91 Å². The van der Waals surface area contributed by atoms with Crippen LogP contribution in [-0.4, -0.2) is 16.8 Å². The third-order valence-electron chi connectivity index (χ3n) is 6.32. The molecule has 0 bridgehead atoms. The zero-order valence-electron chi connectivity index (χ0n) is 18.0. The minimum atomic E-state index is -0.365. The molecular weight excluding hydrogens is 416 g/mol. The zero-order chi connectivity index (χ0) is 22.8. The molecule has 0 saturated carbocycles. The number of hydrogen-bond donors (Lipinski definition) is 0. The van der Waals surface area contributed by atoms with Gasteiger partial charge in [0.2, 0.25) is 0 Å². The third-order valence-corrected chi connectivity index (χ3v) is 6.32. The highest BCUT2D eigenvalue weighted by atomic mass is 19.1. The molecule has 5 rings (SSSR count). The molecule has 1 amide bonds. The lowest BCUT2D eigenvalue weighted by Gasteiger charge is -2.30. The summed E-state index contributed by atoms with van der Waals surface area (Å²) in [5.74, 6) is -0.832. The van der Waals surface area contributed by atoms with Crippen molar-refractivity contribution in [3.8, 4) is 11.1 Å². The quantitative estimate of drug-likeness (QED) is 0.350. The Morgan fingerprint density at radius 3 is 1.97 bits per heavy atom. The summed E-state index contributed by atoms with van der Waals surface area (Å²) in [5.41, 5.74) is 4.76. The predicted octanol–water partition coefficient (Wildman–Crippen LogP) is 6.44. The average Bonchev–Trinajstić information content (AvgIpc) is 3.28. The van der Waals surface area contributed by atoms with Crippen LogP contribution in [0.3, 0.4) is 0 Å². The van der Waals surface area contributed by atoms with E-state index in [1.807, 2.05) is 23.1 Å². The average molecular weight is 440 g/mol. The third kappa shape index (κ3) is 4.29. The van der Waals surface area contributed by atoms with E-state index in [0.717, 1.165) is 18.4 Å². The first kappa shape index (κ1) is 21.1. The summed E-state index contributed by atoms with van der Waals surface area (Å²) in [5, 5.41) is 0. The molecule has 0 aromatic heterocycles. The molecule has 0 N–H and O–H groups in total. The maximum absolute atomic E-state index is 14.6. The number of halogens is 2. The fourth-order valence-electron chi connectivity index (χ4n) is 4.65. The van der Waals surface area contributed by atoms with Gasteiger partial charge in [-0.1, -0.05) is 72.8 Å². The Morgan fingerprint density at radius 2 is 1.30 bits per heavy atom. The fraction of sp³-hybridized carbons (Fsp3) is 0.138. The molecule has 1 aliphatic carbocycles. The second-order valence-electron chi connectivity index (χ2n) is 8.42. The van der Waals surface area contributed by atoms with Gasteiger partial charge in [0.05, 0.1) is 0 Å². The lowest BCUT2D eigenvalue weighted by atomic mass is 9.97. The van der Waals surface area contributed by atoms with Crippen LogP contribution >= 0.6 is 0 Å². The van der Waals surface area contributed by atoms with Crippen molar-refractivity contribution in [1.29, 1.82) is 0 Å². The molecule has 0 unspecified atom stereocenters. The summed E-state index contributed by atoms with van der Waals surface area (Å²) in [6.07, 6.45) is 1.51. The molecule has 33 heavy (non-hydrogen) atoms. The number of amides is 1. The lowest BCUT2D eigenvalue weighted by molar-refractivity contribution is 0.0668. The minimum absolute atomic E-state index is 0.0337. The van der Waals surface area contributed by atoms with Crippen molar-refractivity contribution in [2.24, 2.45) is 0 Å². The SMILES string of the molecule is O=C(c1ccccc1-c1ccccc1F)N(Cc1ccc(F)cc1)C1Cc2ccccc2C1. The van der Waals surface area contributed by atoms with E-state index in [1.54, 1.807) is 48.5 Å². The summed E-state index contributed by atoms with van der Waals surface area (Å²) >= 11 is 0. The van der Waals surface area contributed by atoms with Crippen LogP contribution in [-0.2, 0) is 19.4 Å². The van der Waals surface area contributed by atoms with Crippen molar-refractivity contribution in [3.05, 3.63) is 131 Å². The lowest BCUT2D eigenvalue weighted by Crippen LogP contribution is -2.40. The molecule has 4 aromatic rings. The summed E-state index contributed by atoms with van der Waals surface area (Å²) in [6.45, 7) is 0.351. The van der Waals surface area contributed by atoms with E-state index in [2.05, 4.69) is 12.1 Å². The molecule has 4 aromatic carbocycles. The van der Waals surface area contributed by atoms with Gasteiger partial charge < -0.3 is 4.90 Å². The molecule has 4 heteroatoms. The van der Waals surface area contributed by atoms with Crippen LogP contribution in [0.25, 0.3) is 11.1 Å². The van der Waals surface area contributed by atoms with Gasteiger partial charge in [-0.3, -0.25) is 4.79 Å². The number of hydrogen-bond acceptors (Lipinski definition) is 1. The largest absolute Gasteiger partial charge is 0.331 e. The molecule has 0 aliphatic heterocycles. The van der Waals surface area contributed by atoms with Crippen molar-refractivity contribution in [3.63, 3.8) is 0 Å². The Hall–Kier alpha value is -3.79. The molecule has 0 radical (unpaired) electrons. The maximum atomic E-state index is 14.6. The number of rotatable bonds is 5. The minimum Gasteiger partial charge on any atom is -0.331 e. The molecule has 0 spiro atoms. The highest BCUT2D eigenvalue weighted by molar-refractivity contribution is 6.01. The first-order chi connectivity index (χ1) is 16.1. The van der Waals surface area contributed by atoms with Gasteiger partial charge in [-0.2, -0.15) is 0 Å². The number of benzene rings is 4. The van der Waals surface area contributed by atoms with Crippen LogP contribution in [0.4, 0.5) is 8.78 Å². The standard InChI is InChI=1S/C29H23F2NO/c30-23-15-13-20(14-16-23)19-32(24-17-21-7-1-2-8-22(21)18-24)29(33)27-11-4-3-9-25(27)26-10-5-6-12-28(26)31/h1-16,24H,17-19H2. The monoisotopic (exact) mass is 439 g/mol. The zero-order valence-corrected chi connectivity index (χ0v) is 18.0. The number of carbonyl (C=O) groups excluding carboxylic acids is 1. The van der Waals surface area contributed by atoms with Gasteiger partial charge in [0.1, 0.15) is 11.6 Å². The Balaban J connectivity index is 1.54. The van der Waals surface area contributed by atoms with Crippen LogP contribution in [0.15, 0.2) is 97.1 Å². The predicted molar refractivity (Wildman–Crippen MR) is 126 cm³/mol. The molecule has 1 aliphatic rings. The summed E-state index contributed by atoms with van der Waals surface area (Å²) in [4.78, 5) is 15.8. The first-order valence-corrected chi connectivity index (χ1v) is 11.1. The second-order valence-corrected chi connectivity index (χ2v) is 8.42. The van der Waals surface area contributed by atoms with E-state index >= 15 is 0 Å². The summed E-state index contributed by atoms with van der Waals surface area (Å²) < 4.78 is 28.1. The van der Waals surface area contributed by atoms with E-state index in [-0.39, 0.29) is 23.6 Å². The molecular formula is C29H23F2NO. The van der Waals surface area contributed by atoms with Crippen molar-refractivity contribution in [2.45, 2.75) is 25.4 Å². The highest BCUT2D eigenvalue weighted by Gasteiger charge is 2.31. The van der Waals surface area contributed by atoms with Crippen LogP contribution in [0.1, 0.15) is 27.0 Å². The molecule has 0 saturated heterocycles. The summed E-state index contributed by atoms with van der Waals surface area (Å²) in [7, 11) is 0. The van der Waals surface area contributed by atoms with Gasteiger partial charge >= 0.3 is 0 Å². The molecule has 0 atom stereocenters. The fourth-order valence-corrected chi connectivity index (χ4v) is 4.65. The molecule has 0 fully saturated rings. The van der Waals surface area contributed by atoms with E-state index in [4.69, 9.17) is 0 Å². The van der Waals surface area contributed by atoms with Gasteiger partial charge in [0, 0.05) is 23.7 Å². The number of nitrogens with zero attached hydrogens (tertiary/aromatic N) is 1. The van der Waals surface area contributed by atoms with Gasteiger partial charge in [-0.05, 0) is 59.4 Å². The van der Waals surface area contributed by atoms with E-state index in [1.165, 1.54) is 29.3 Å². The van der Waals surface area contributed by atoms with Crippen molar-refractivity contribution < 1.29 is 13.6 Å². The van der Waals surface area contributed by atoms with Crippen molar-refractivity contribution in [1.82, 2.24) is 4.90 Å². The second kappa shape index (κ2) is 8.99. The van der Waals surface area contributed by atoms with Crippen LogP contribution in [0, 0.1) is 11.6 Å².